The number of carbonyl (C=O) groups is 1. The monoisotopic (exact) mass is 426 g/mol. The fourth-order valence-corrected chi connectivity index (χ4v) is 5.20. The molecule has 0 bridgehead atoms. The van der Waals surface area contributed by atoms with E-state index in [-0.39, 0.29) is 23.3 Å². The number of amides is 1. The second kappa shape index (κ2) is 7.18. The summed E-state index contributed by atoms with van der Waals surface area (Å²) in [4.78, 5) is 14.4. The highest BCUT2D eigenvalue weighted by Gasteiger charge is 2.37. The van der Waals surface area contributed by atoms with Gasteiger partial charge in [0.05, 0.1) is 21.1 Å². The second-order valence-electron chi connectivity index (χ2n) is 6.72. The number of ether oxygens (including phenoxy) is 1. The first-order chi connectivity index (χ1) is 12.6. The van der Waals surface area contributed by atoms with E-state index in [1.54, 1.807) is 43.0 Å². The van der Waals surface area contributed by atoms with Crippen molar-refractivity contribution in [3.05, 3.63) is 47.3 Å². The van der Waals surface area contributed by atoms with E-state index >= 15 is 0 Å². The molecular weight excluding hydrogens is 408 g/mol. The van der Waals surface area contributed by atoms with Crippen molar-refractivity contribution in [1.29, 1.82) is 0 Å². The van der Waals surface area contributed by atoms with Crippen molar-refractivity contribution in [3.8, 4) is 5.75 Å². The van der Waals surface area contributed by atoms with Crippen LogP contribution in [-0.4, -0.2) is 27.5 Å². The topological polar surface area (TPSA) is 75.7 Å². The number of hydrogen-bond acceptors (Lipinski definition) is 5. The summed E-state index contributed by atoms with van der Waals surface area (Å²) in [6, 6.07) is 7.81. The maximum Gasteiger partial charge on any atom is 0.271 e. The van der Waals surface area contributed by atoms with Gasteiger partial charge in [-0.3, -0.25) is 9.52 Å². The Labute approximate surface area is 167 Å². The molecule has 0 saturated heterocycles. The van der Waals surface area contributed by atoms with Crippen LogP contribution in [-0.2, 0) is 14.8 Å². The van der Waals surface area contributed by atoms with E-state index in [9.17, 15) is 13.2 Å². The number of halogens is 1. The van der Waals surface area contributed by atoms with Gasteiger partial charge in [-0.05, 0) is 44.2 Å². The Morgan fingerprint density at radius 1 is 1.37 bits per heavy atom. The summed E-state index contributed by atoms with van der Waals surface area (Å²) in [5, 5.41) is 0. The van der Waals surface area contributed by atoms with E-state index in [0.717, 1.165) is 11.3 Å². The molecule has 1 aromatic carbocycles. The van der Waals surface area contributed by atoms with E-state index in [4.69, 9.17) is 16.3 Å². The lowest BCUT2D eigenvalue weighted by Gasteiger charge is -2.27. The zero-order valence-electron chi connectivity index (χ0n) is 14.9. The molecule has 9 heteroatoms. The fourth-order valence-electron chi connectivity index (χ4n) is 2.67. The number of hydrogen-bond donors (Lipinski definition) is 1. The molecule has 1 aliphatic rings. The molecule has 0 aliphatic carbocycles. The molecule has 0 unspecified atom stereocenters. The number of nitrogens with one attached hydrogen (secondary N) is 1. The highest BCUT2D eigenvalue weighted by molar-refractivity contribution is 7.94. The van der Waals surface area contributed by atoms with Crippen LogP contribution in [0.5, 0.6) is 5.75 Å². The van der Waals surface area contributed by atoms with Crippen LogP contribution in [0.1, 0.15) is 13.8 Å². The van der Waals surface area contributed by atoms with Gasteiger partial charge >= 0.3 is 0 Å². The van der Waals surface area contributed by atoms with Gasteiger partial charge in [-0.15, -0.1) is 17.9 Å². The molecule has 2 heterocycles. The second-order valence-corrected chi connectivity index (χ2v) is 10.3. The van der Waals surface area contributed by atoms with Gasteiger partial charge in [0.1, 0.15) is 16.6 Å². The molecule has 1 aromatic heterocycles. The van der Waals surface area contributed by atoms with Gasteiger partial charge in [0, 0.05) is 6.54 Å². The normalized spacial score (nSPS) is 16.3. The highest BCUT2D eigenvalue weighted by atomic mass is 35.5. The third kappa shape index (κ3) is 3.97. The van der Waals surface area contributed by atoms with Crippen molar-refractivity contribution in [3.63, 3.8) is 0 Å². The number of carbonyl (C=O) groups excluding carboxylic acids is 1. The largest absolute Gasteiger partial charge is 0.490 e. The third-order valence-corrected chi connectivity index (χ3v) is 7.14. The lowest BCUT2D eigenvalue weighted by Crippen LogP contribution is -2.42. The molecule has 0 atom stereocenters. The van der Waals surface area contributed by atoms with Gasteiger partial charge in [-0.1, -0.05) is 17.7 Å². The van der Waals surface area contributed by atoms with Crippen LogP contribution < -0.4 is 14.4 Å². The zero-order chi connectivity index (χ0) is 19.8. The van der Waals surface area contributed by atoms with Gasteiger partial charge in [0.25, 0.3) is 10.0 Å². The average molecular weight is 427 g/mol. The summed E-state index contributed by atoms with van der Waals surface area (Å²) < 4.78 is 33.9. The molecule has 0 radical (unpaired) electrons. The molecular formula is C18H19ClN2O4S2. The van der Waals surface area contributed by atoms with Gasteiger partial charge in [-0.2, -0.15) is 0 Å². The van der Waals surface area contributed by atoms with Gasteiger partial charge < -0.3 is 9.64 Å². The van der Waals surface area contributed by atoms with Gasteiger partial charge in [-0.25, -0.2) is 8.42 Å². The summed E-state index contributed by atoms with van der Waals surface area (Å²) in [5.41, 5.74) is 0.105. The molecule has 0 fully saturated rings. The van der Waals surface area contributed by atoms with Crippen molar-refractivity contribution in [1.82, 2.24) is 0 Å². The van der Waals surface area contributed by atoms with Gasteiger partial charge in [0.2, 0.25) is 5.91 Å². The summed E-state index contributed by atoms with van der Waals surface area (Å²) in [6.07, 6.45) is 1.62. The predicted octanol–water partition coefficient (Wildman–Crippen LogP) is 4.14. The SMILES string of the molecule is C=CCN1C(=O)C(C)(C)COc2ccc(NS(=O)(=O)c3ccc(Cl)s3)cc21. The first kappa shape index (κ1) is 19.7. The number of sulfonamides is 1. The molecule has 1 aliphatic heterocycles. The lowest BCUT2D eigenvalue weighted by atomic mass is 9.93. The van der Waals surface area contributed by atoms with Crippen LogP contribution in [0.3, 0.4) is 0 Å². The smallest absolute Gasteiger partial charge is 0.271 e. The molecule has 144 valence electrons. The van der Waals surface area contributed by atoms with Crippen molar-refractivity contribution in [2.75, 3.05) is 22.8 Å². The first-order valence-electron chi connectivity index (χ1n) is 8.12. The number of benzene rings is 1. The molecule has 0 spiro atoms. The fraction of sp³-hybridized carbons (Fsp3) is 0.278. The zero-order valence-corrected chi connectivity index (χ0v) is 17.2. The Kier molecular flexibility index (Phi) is 5.24. The summed E-state index contributed by atoms with van der Waals surface area (Å²) in [7, 11) is -3.77. The molecule has 1 amide bonds. The average Bonchev–Trinajstić information content (AvgIpc) is 3.02. The van der Waals surface area contributed by atoms with E-state index < -0.39 is 15.4 Å². The molecule has 6 nitrogen and oxygen atoms in total. The van der Waals surface area contributed by atoms with E-state index in [1.165, 1.54) is 12.1 Å². The molecule has 3 rings (SSSR count). The highest BCUT2D eigenvalue weighted by Crippen LogP contribution is 2.38. The van der Waals surface area contributed by atoms with E-state index in [2.05, 4.69) is 11.3 Å². The van der Waals surface area contributed by atoms with Crippen LogP contribution in [0, 0.1) is 5.41 Å². The minimum atomic E-state index is -3.77. The van der Waals surface area contributed by atoms with E-state index in [1.807, 2.05) is 0 Å². The standard InChI is InChI=1S/C18H19ClN2O4S2/c1-4-9-21-13-10-12(20-27(23,24)16-8-7-15(19)26-16)5-6-14(13)25-11-18(2,3)17(21)22/h4-8,10,20H,1,9,11H2,2-3H3. The quantitative estimate of drug-likeness (QED) is 0.729. The third-order valence-electron chi connectivity index (χ3n) is 4.04. The van der Waals surface area contributed by atoms with Crippen molar-refractivity contribution < 1.29 is 17.9 Å². The predicted molar refractivity (Wildman–Crippen MR) is 108 cm³/mol. The van der Waals surface area contributed by atoms with E-state index in [0.29, 0.717) is 21.5 Å². The molecule has 1 N–H and O–H groups in total. The molecule has 2 aromatic rings. The maximum absolute atomic E-state index is 12.9. The number of rotatable bonds is 5. The minimum Gasteiger partial charge on any atom is -0.490 e. The minimum absolute atomic E-state index is 0.110. The summed E-state index contributed by atoms with van der Waals surface area (Å²) in [6.45, 7) is 7.84. The Morgan fingerprint density at radius 3 is 2.74 bits per heavy atom. The Hall–Kier alpha value is -2.03. The summed E-state index contributed by atoms with van der Waals surface area (Å²) >= 11 is 6.80. The number of nitrogens with zero attached hydrogens (tertiary/aromatic N) is 1. The van der Waals surface area contributed by atoms with Crippen LogP contribution in [0.2, 0.25) is 4.34 Å². The van der Waals surface area contributed by atoms with Crippen molar-refractivity contribution in [2.45, 2.75) is 18.1 Å². The Balaban J connectivity index is 1.99. The van der Waals surface area contributed by atoms with Crippen molar-refractivity contribution >= 4 is 50.2 Å². The molecule has 27 heavy (non-hydrogen) atoms. The lowest BCUT2D eigenvalue weighted by molar-refractivity contribution is -0.127. The Bertz CT molecular complexity index is 999. The van der Waals surface area contributed by atoms with Crippen LogP contribution in [0.15, 0.2) is 47.2 Å². The first-order valence-corrected chi connectivity index (χ1v) is 10.8. The van der Waals surface area contributed by atoms with Crippen LogP contribution >= 0.6 is 22.9 Å². The number of thiophene rings is 1. The number of fused-ring (bicyclic) bond motifs is 1. The van der Waals surface area contributed by atoms with Crippen molar-refractivity contribution in [2.24, 2.45) is 5.41 Å². The van der Waals surface area contributed by atoms with Gasteiger partial charge in [0.15, 0.2) is 0 Å². The Morgan fingerprint density at radius 2 is 2.11 bits per heavy atom. The maximum atomic E-state index is 12.9. The molecule has 0 saturated carbocycles. The summed E-state index contributed by atoms with van der Waals surface area (Å²) in [5.74, 6) is 0.393. The van der Waals surface area contributed by atoms with Crippen LogP contribution in [0.25, 0.3) is 0 Å². The number of anilines is 2. The van der Waals surface area contributed by atoms with Crippen LogP contribution in [0.4, 0.5) is 11.4 Å².